The average molecular weight is 475 g/mol. The Morgan fingerprint density at radius 1 is 1.09 bits per heavy atom. The molecule has 5 rings (SSSR count). The SMILES string of the molecule is COc1ccc(C2=C[C@H](c3ccccc3Cl)n3ncc(C(=O)Nc4ccc(F)cc4)c3N2)cc1. The Labute approximate surface area is 200 Å². The zero-order valence-electron chi connectivity index (χ0n) is 18.1. The summed E-state index contributed by atoms with van der Waals surface area (Å²) in [7, 11) is 1.62. The second-order valence-electron chi connectivity index (χ2n) is 7.71. The van der Waals surface area contributed by atoms with Crippen molar-refractivity contribution in [3.8, 4) is 5.75 Å². The van der Waals surface area contributed by atoms with Crippen LogP contribution in [0.15, 0.2) is 85.1 Å². The molecule has 3 aromatic carbocycles. The number of methoxy groups -OCH3 is 1. The Morgan fingerprint density at radius 2 is 1.82 bits per heavy atom. The summed E-state index contributed by atoms with van der Waals surface area (Å²) in [5.41, 5.74) is 3.40. The van der Waals surface area contributed by atoms with Crippen molar-refractivity contribution < 1.29 is 13.9 Å². The summed E-state index contributed by atoms with van der Waals surface area (Å²) in [6, 6.07) is 20.4. The minimum absolute atomic E-state index is 0.338. The van der Waals surface area contributed by atoms with Gasteiger partial charge in [0.15, 0.2) is 0 Å². The lowest BCUT2D eigenvalue weighted by molar-refractivity contribution is 0.102. The Kier molecular flexibility index (Phi) is 5.77. The molecule has 2 N–H and O–H groups in total. The lowest BCUT2D eigenvalue weighted by Gasteiger charge is -2.27. The molecule has 170 valence electrons. The van der Waals surface area contributed by atoms with Crippen molar-refractivity contribution in [2.75, 3.05) is 17.7 Å². The van der Waals surface area contributed by atoms with E-state index in [1.165, 1.54) is 30.5 Å². The molecule has 6 nitrogen and oxygen atoms in total. The molecule has 1 aromatic heterocycles. The standard InChI is InChI=1S/C26H20ClFN4O2/c1-34-19-12-6-16(7-13-19)23-14-24(20-4-2-3-5-22(20)27)32-25(31-23)21(15-29-32)26(33)30-18-10-8-17(28)9-11-18/h2-15,24,31H,1H3,(H,30,33)/t24-/m1/s1. The maximum absolute atomic E-state index is 13.3. The average Bonchev–Trinajstić information content (AvgIpc) is 3.30. The van der Waals surface area contributed by atoms with Crippen molar-refractivity contribution in [2.45, 2.75) is 6.04 Å². The number of carbonyl (C=O) groups is 1. The van der Waals surface area contributed by atoms with E-state index in [-0.39, 0.29) is 17.8 Å². The van der Waals surface area contributed by atoms with Crippen LogP contribution in [0.3, 0.4) is 0 Å². The first-order valence-electron chi connectivity index (χ1n) is 10.6. The monoisotopic (exact) mass is 474 g/mol. The predicted octanol–water partition coefficient (Wildman–Crippen LogP) is 5.99. The summed E-state index contributed by atoms with van der Waals surface area (Å²) >= 11 is 6.53. The molecule has 2 heterocycles. The molecule has 0 fully saturated rings. The third kappa shape index (κ3) is 4.13. The van der Waals surface area contributed by atoms with E-state index in [0.29, 0.717) is 22.1 Å². The highest BCUT2D eigenvalue weighted by Crippen LogP contribution is 2.37. The second-order valence-corrected chi connectivity index (χ2v) is 8.12. The second kappa shape index (κ2) is 9.03. The number of amides is 1. The molecular formula is C26H20ClFN4O2. The highest BCUT2D eigenvalue weighted by atomic mass is 35.5. The normalized spacial score (nSPS) is 14.6. The van der Waals surface area contributed by atoms with Crippen molar-refractivity contribution in [1.29, 1.82) is 0 Å². The van der Waals surface area contributed by atoms with Crippen LogP contribution < -0.4 is 15.4 Å². The van der Waals surface area contributed by atoms with E-state index in [2.05, 4.69) is 15.7 Å². The highest BCUT2D eigenvalue weighted by Gasteiger charge is 2.29. The van der Waals surface area contributed by atoms with Crippen LogP contribution in [0.2, 0.25) is 5.02 Å². The minimum atomic E-state index is -0.376. The topological polar surface area (TPSA) is 68.2 Å². The van der Waals surface area contributed by atoms with E-state index in [1.807, 2.05) is 54.6 Å². The van der Waals surface area contributed by atoms with Crippen molar-refractivity contribution in [3.05, 3.63) is 113 Å². The quantitative estimate of drug-likeness (QED) is 0.372. The molecule has 1 amide bonds. The minimum Gasteiger partial charge on any atom is -0.497 e. The number of hydrogen-bond donors (Lipinski definition) is 2. The van der Waals surface area contributed by atoms with Crippen LogP contribution in [0.1, 0.15) is 27.5 Å². The number of nitrogens with zero attached hydrogens (tertiary/aromatic N) is 2. The molecule has 0 bridgehead atoms. The van der Waals surface area contributed by atoms with E-state index < -0.39 is 0 Å². The third-order valence-corrected chi connectivity index (χ3v) is 5.95. The molecular weight excluding hydrogens is 455 g/mol. The molecule has 0 spiro atoms. The molecule has 0 saturated heterocycles. The lowest BCUT2D eigenvalue weighted by Crippen LogP contribution is -2.22. The number of hydrogen-bond acceptors (Lipinski definition) is 4. The fraction of sp³-hybridized carbons (Fsp3) is 0.0769. The zero-order chi connectivity index (χ0) is 23.7. The van der Waals surface area contributed by atoms with E-state index in [0.717, 1.165) is 22.6 Å². The van der Waals surface area contributed by atoms with Gasteiger partial charge in [-0.15, -0.1) is 0 Å². The summed E-state index contributed by atoms with van der Waals surface area (Å²) in [5, 5.41) is 11.2. The molecule has 34 heavy (non-hydrogen) atoms. The van der Waals surface area contributed by atoms with Crippen LogP contribution in [-0.4, -0.2) is 22.8 Å². The number of aromatic nitrogens is 2. The van der Waals surface area contributed by atoms with Crippen LogP contribution in [0, 0.1) is 5.82 Å². The molecule has 0 aliphatic carbocycles. The van der Waals surface area contributed by atoms with Crippen LogP contribution in [0.5, 0.6) is 5.75 Å². The maximum atomic E-state index is 13.3. The molecule has 0 unspecified atom stereocenters. The summed E-state index contributed by atoms with van der Waals surface area (Å²) in [6.45, 7) is 0. The number of nitrogens with one attached hydrogen (secondary N) is 2. The summed E-state index contributed by atoms with van der Waals surface area (Å²) < 4.78 is 20.3. The summed E-state index contributed by atoms with van der Waals surface area (Å²) in [4.78, 5) is 13.1. The van der Waals surface area contributed by atoms with Gasteiger partial charge in [0, 0.05) is 16.4 Å². The Balaban J connectivity index is 1.55. The predicted molar refractivity (Wildman–Crippen MR) is 131 cm³/mol. The van der Waals surface area contributed by atoms with Gasteiger partial charge in [-0.25, -0.2) is 9.07 Å². The number of ether oxygens (including phenoxy) is 1. The van der Waals surface area contributed by atoms with Gasteiger partial charge in [0.05, 0.1) is 13.3 Å². The van der Waals surface area contributed by atoms with Gasteiger partial charge in [0.25, 0.3) is 5.91 Å². The van der Waals surface area contributed by atoms with Crippen LogP contribution in [0.25, 0.3) is 5.70 Å². The van der Waals surface area contributed by atoms with Crippen LogP contribution >= 0.6 is 11.6 Å². The molecule has 0 saturated carbocycles. The molecule has 8 heteroatoms. The van der Waals surface area contributed by atoms with Crippen LogP contribution in [0.4, 0.5) is 15.9 Å². The van der Waals surface area contributed by atoms with Gasteiger partial charge in [-0.3, -0.25) is 4.79 Å². The van der Waals surface area contributed by atoms with Gasteiger partial charge in [0.1, 0.15) is 29.0 Å². The van der Waals surface area contributed by atoms with Gasteiger partial charge in [-0.1, -0.05) is 29.8 Å². The fourth-order valence-electron chi connectivity index (χ4n) is 3.87. The molecule has 1 atom stereocenters. The number of halogens is 2. The first-order valence-corrected chi connectivity index (χ1v) is 10.9. The number of benzene rings is 3. The number of carbonyl (C=O) groups excluding carboxylic acids is 1. The van der Waals surface area contributed by atoms with Crippen molar-refractivity contribution >= 4 is 34.7 Å². The number of fused-ring (bicyclic) bond motifs is 1. The van der Waals surface area contributed by atoms with Crippen molar-refractivity contribution in [3.63, 3.8) is 0 Å². The maximum Gasteiger partial charge on any atom is 0.261 e. The molecule has 1 aliphatic heterocycles. The van der Waals surface area contributed by atoms with Gasteiger partial charge < -0.3 is 15.4 Å². The molecule has 1 aliphatic rings. The number of allylic oxidation sites excluding steroid dienone is 1. The molecule has 0 radical (unpaired) electrons. The Bertz CT molecular complexity index is 1380. The fourth-order valence-corrected chi connectivity index (χ4v) is 4.12. The van der Waals surface area contributed by atoms with Crippen molar-refractivity contribution in [1.82, 2.24) is 9.78 Å². The van der Waals surface area contributed by atoms with E-state index in [9.17, 15) is 9.18 Å². The number of anilines is 2. The number of rotatable bonds is 5. The van der Waals surface area contributed by atoms with Crippen LogP contribution in [-0.2, 0) is 0 Å². The Hall–Kier alpha value is -4.10. The van der Waals surface area contributed by atoms with E-state index in [1.54, 1.807) is 11.8 Å². The first kappa shape index (κ1) is 21.7. The van der Waals surface area contributed by atoms with Crippen molar-refractivity contribution in [2.24, 2.45) is 0 Å². The van der Waals surface area contributed by atoms with E-state index in [4.69, 9.17) is 16.3 Å². The van der Waals surface area contributed by atoms with E-state index >= 15 is 0 Å². The van der Waals surface area contributed by atoms with Gasteiger partial charge in [-0.05, 0) is 71.8 Å². The largest absolute Gasteiger partial charge is 0.497 e. The van der Waals surface area contributed by atoms with Gasteiger partial charge in [0.2, 0.25) is 0 Å². The van der Waals surface area contributed by atoms with Gasteiger partial charge in [-0.2, -0.15) is 5.10 Å². The summed E-state index contributed by atoms with van der Waals surface area (Å²) in [5.74, 6) is 0.527. The highest BCUT2D eigenvalue weighted by molar-refractivity contribution is 6.31. The van der Waals surface area contributed by atoms with Gasteiger partial charge >= 0.3 is 0 Å². The third-order valence-electron chi connectivity index (χ3n) is 5.61. The lowest BCUT2D eigenvalue weighted by atomic mass is 10.0. The Morgan fingerprint density at radius 3 is 2.53 bits per heavy atom. The zero-order valence-corrected chi connectivity index (χ0v) is 18.9. The smallest absolute Gasteiger partial charge is 0.261 e. The first-order chi connectivity index (χ1) is 16.5. The molecule has 4 aromatic rings. The summed E-state index contributed by atoms with van der Waals surface area (Å²) in [6.07, 6.45) is 3.53.